The summed E-state index contributed by atoms with van der Waals surface area (Å²) in [5, 5.41) is 7.15. The molecule has 3 aromatic rings. The van der Waals surface area contributed by atoms with E-state index in [-0.39, 0.29) is 17.4 Å². The van der Waals surface area contributed by atoms with E-state index in [1.54, 1.807) is 37.3 Å². The number of carbonyl (C=O) groups excluding carboxylic acids is 1. The molecule has 0 atom stereocenters. The quantitative estimate of drug-likeness (QED) is 0.185. The second-order valence-electron chi connectivity index (χ2n) is 9.85. The van der Waals surface area contributed by atoms with Crippen molar-refractivity contribution in [3.8, 4) is 22.7 Å². The number of hydrazine groups is 1. The molecule has 0 saturated carbocycles. The van der Waals surface area contributed by atoms with E-state index in [1.165, 1.54) is 16.8 Å². The van der Waals surface area contributed by atoms with Gasteiger partial charge in [0.1, 0.15) is 5.75 Å². The Morgan fingerprint density at radius 1 is 1.02 bits per heavy atom. The molecule has 1 amide bonds. The summed E-state index contributed by atoms with van der Waals surface area (Å²) in [4.78, 5) is 13.2. The summed E-state index contributed by atoms with van der Waals surface area (Å²) in [5.74, 6) is -1.22. The van der Waals surface area contributed by atoms with Gasteiger partial charge in [-0.3, -0.25) is 19.3 Å². The first-order valence-corrected chi connectivity index (χ1v) is 17.0. The lowest BCUT2D eigenvalue weighted by Crippen LogP contribution is -2.45. The Kier molecular flexibility index (Phi) is 12.3. The van der Waals surface area contributed by atoms with Crippen molar-refractivity contribution in [2.24, 2.45) is 0 Å². The minimum atomic E-state index is -4.67. The van der Waals surface area contributed by atoms with Crippen molar-refractivity contribution in [2.75, 3.05) is 18.8 Å². The van der Waals surface area contributed by atoms with Crippen LogP contribution < -0.4 is 9.61 Å². The molecule has 2 aromatic carbocycles. The summed E-state index contributed by atoms with van der Waals surface area (Å²) in [5.41, 5.74) is 5.19. The second kappa shape index (κ2) is 15.1. The van der Waals surface area contributed by atoms with Crippen molar-refractivity contribution in [3.05, 3.63) is 63.8 Å². The number of hydrogen-bond donors (Lipinski definition) is 3. The number of hydrogen-bond acceptors (Lipinski definition) is 8. The fourth-order valence-corrected chi connectivity index (χ4v) is 5.86. The number of alkyl halides is 3. The molecule has 0 aliphatic carbocycles. The standard InChI is InChI=1S/C26H27Cl2F3N4O4S.H2O4S/c1-17-23(25(36)33-34-13-3-2-4-14-34)32-35(22-11-8-19(27)16-21(22)28)24(17)18-6-9-20(10-7-18)39-40(37,38)15-5-12-26(29,30)31;1-5(2,3)4/h6-11,16H,2-5,12-15H2,1H3,(H,33,36);(H2,1,2,3,4). The van der Waals surface area contributed by atoms with Crippen LogP contribution in [0.15, 0.2) is 42.5 Å². The molecule has 1 aliphatic heterocycles. The highest BCUT2D eigenvalue weighted by atomic mass is 35.5. The van der Waals surface area contributed by atoms with Crippen LogP contribution in [0, 0.1) is 6.92 Å². The molecule has 1 aromatic heterocycles. The number of piperidine rings is 1. The third kappa shape index (κ3) is 11.7. The zero-order valence-corrected chi connectivity index (χ0v) is 26.7. The van der Waals surface area contributed by atoms with Gasteiger partial charge >= 0.3 is 26.7 Å². The third-order valence-electron chi connectivity index (χ3n) is 6.30. The lowest BCUT2D eigenvalue weighted by molar-refractivity contribution is -0.134. The molecule has 0 unspecified atom stereocenters. The Bertz CT molecular complexity index is 1700. The number of carbonyl (C=O) groups is 1. The smallest absolute Gasteiger partial charge is 0.382 e. The fraction of sp³-hybridized carbons (Fsp3) is 0.385. The minimum Gasteiger partial charge on any atom is -0.382 e. The molecular weight excluding hydrogens is 688 g/mol. The van der Waals surface area contributed by atoms with E-state index in [4.69, 9.17) is 44.9 Å². The molecule has 45 heavy (non-hydrogen) atoms. The van der Waals surface area contributed by atoms with Gasteiger partial charge in [-0.25, -0.2) is 9.69 Å². The first-order valence-electron chi connectivity index (χ1n) is 13.2. The van der Waals surface area contributed by atoms with Crippen LogP contribution in [0.25, 0.3) is 16.9 Å². The van der Waals surface area contributed by atoms with Gasteiger partial charge in [0, 0.05) is 35.7 Å². The number of nitrogens with one attached hydrogen (secondary N) is 1. The Morgan fingerprint density at radius 3 is 2.18 bits per heavy atom. The predicted molar refractivity (Wildman–Crippen MR) is 161 cm³/mol. The van der Waals surface area contributed by atoms with Gasteiger partial charge in [-0.2, -0.15) is 35.1 Å². The molecule has 4 rings (SSSR count). The van der Waals surface area contributed by atoms with Crippen LogP contribution in [0.2, 0.25) is 10.0 Å². The van der Waals surface area contributed by atoms with Gasteiger partial charge in [-0.05, 0) is 68.7 Å². The number of benzene rings is 2. The van der Waals surface area contributed by atoms with Gasteiger partial charge in [-0.1, -0.05) is 29.6 Å². The highest BCUT2D eigenvalue weighted by molar-refractivity contribution is 7.87. The van der Waals surface area contributed by atoms with Crippen LogP contribution in [-0.4, -0.2) is 71.7 Å². The number of halogens is 5. The number of amides is 1. The maximum Gasteiger partial charge on any atom is 0.394 e. The lowest BCUT2D eigenvalue weighted by Gasteiger charge is -2.26. The lowest BCUT2D eigenvalue weighted by atomic mass is 10.1. The van der Waals surface area contributed by atoms with Crippen molar-refractivity contribution in [3.63, 3.8) is 0 Å². The Hall–Kier alpha value is -2.93. The molecule has 248 valence electrons. The molecule has 0 spiro atoms. The van der Waals surface area contributed by atoms with Gasteiger partial charge in [0.25, 0.3) is 5.91 Å². The molecule has 1 aliphatic rings. The molecule has 19 heteroatoms. The number of nitrogens with zero attached hydrogens (tertiary/aromatic N) is 3. The van der Waals surface area contributed by atoms with Crippen LogP contribution in [0.4, 0.5) is 13.2 Å². The van der Waals surface area contributed by atoms with Gasteiger partial charge in [-0.15, -0.1) is 0 Å². The molecule has 1 saturated heterocycles. The zero-order valence-electron chi connectivity index (χ0n) is 23.6. The maximum atomic E-state index is 13.2. The normalized spacial score (nSPS) is 14.4. The fourth-order valence-electron chi connectivity index (χ4n) is 4.39. The molecule has 1 fully saturated rings. The average Bonchev–Trinajstić information content (AvgIpc) is 3.24. The van der Waals surface area contributed by atoms with Crippen molar-refractivity contribution < 1.29 is 48.1 Å². The van der Waals surface area contributed by atoms with Gasteiger partial charge in [0.2, 0.25) is 0 Å². The number of aromatic nitrogens is 2. The average molecular weight is 718 g/mol. The van der Waals surface area contributed by atoms with Crippen molar-refractivity contribution >= 4 is 49.6 Å². The second-order valence-corrected chi connectivity index (χ2v) is 13.3. The molecule has 12 nitrogen and oxygen atoms in total. The van der Waals surface area contributed by atoms with Crippen LogP contribution in [0.5, 0.6) is 5.75 Å². The van der Waals surface area contributed by atoms with E-state index in [0.29, 0.717) is 32.6 Å². The Labute approximate surface area is 267 Å². The van der Waals surface area contributed by atoms with E-state index in [2.05, 4.69) is 10.5 Å². The van der Waals surface area contributed by atoms with Crippen LogP contribution in [0.3, 0.4) is 0 Å². The predicted octanol–water partition coefficient (Wildman–Crippen LogP) is 5.68. The first kappa shape index (κ1) is 36.5. The highest BCUT2D eigenvalue weighted by Crippen LogP contribution is 2.34. The van der Waals surface area contributed by atoms with E-state index in [0.717, 1.165) is 32.4 Å². The third-order valence-corrected chi connectivity index (χ3v) is 8.07. The maximum absolute atomic E-state index is 13.2. The SMILES string of the molecule is Cc1c(C(=O)NN2CCCCC2)nn(-c2ccc(Cl)cc2Cl)c1-c1ccc(OS(=O)(=O)CCCC(F)(F)F)cc1.O=S(=O)(O)O. The zero-order chi connectivity index (χ0) is 33.6. The van der Waals surface area contributed by atoms with E-state index in [1.807, 2.05) is 5.01 Å². The van der Waals surface area contributed by atoms with Gasteiger partial charge < -0.3 is 4.18 Å². The van der Waals surface area contributed by atoms with E-state index < -0.39 is 45.3 Å². The number of rotatable bonds is 9. The topological polar surface area (TPSA) is 168 Å². The summed E-state index contributed by atoms with van der Waals surface area (Å²) in [6.07, 6.45) is -3.22. The van der Waals surface area contributed by atoms with Crippen LogP contribution >= 0.6 is 23.2 Å². The monoisotopic (exact) mass is 716 g/mol. The summed E-state index contributed by atoms with van der Waals surface area (Å²) >= 11 is 12.6. The minimum absolute atomic E-state index is 0.0629. The van der Waals surface area contributed by atoms with Crippen molar-refractivity contribution in [1.29, 1.82) is 0 Å². The van der Waals surface area contributed by atoms with Crippen molar-refractivity contribution in [1.82, 2.24) is 20.2 Å². The summed E-state index contributed by atoms with van der Waals surface area (Å²) in [6, 6.07) is 10.7. The van der Waals surface area contributed by atoms with Gasteiger partial charge in [0.05, 0.1) is 22.2 Å². The highest BCUT2D eigenvalue weighted by Gasteiger charge is 2.28. The summed E-state index contributed by atoms with van der Waals surface area (Å²) < 4.78 is 99.6. The molecule has 0 radical (unpaired) electrons. The summed E-state index contributed by atoms with van der Waals surface area (Å²) in [7, 11) is -8.90. The Morgan fingerprint density at radius 2 is 1.62 bits per heavy atom. The van der Waals surface area contributed by atoms with E-state index in [9.17, 15) is 26.4 Å². The molecule has 3 N–H and O–H groups in total. The molecule has 2 heterocycles. The Balaban J connectivity index is 0.00000102. The van der Waals surface area contributed by atoms with Crippen molar-refractivity contribution in [2.45, 2.75) is 45.2 Å². The first-order chi connectivity index (χ1) is 20.8. The van der Waals surface area contributed by atoms with Crippen LogP contribution in [0.1, 0.15) is 48.2 Å². The largest absolute Gasteiger partial charge is 0.394 e. The molecular formula is C26H29Cl2F3N4O8S2. The van der Waals surface area contributed by atoms with E-state index >= 15 is 0 Å². The van der Waals surface area contributed by atoms with Gasteiger partial charge in [0.15, 0.2) is 5.69 Å². The van der Waals surface area contributed by atoms with Crippen LogP contribution in [-0.2, 0) is 20.5 Å². The summed E-state index contributed by atoms with van der Waals surface area (Å²) in [6.45, 7) is 3.22. The molecule has 0 bridgehead atoms.